The maximum atomic E-state index is 12.3. The lowest BCUT2D eigenvalue weighted by atomic mass is 10.2. The van der Waals surface area contributed by atoms with E-state index in [1.807, 2.05) is 36.6 Å². The summed E-state index contributed by atoms with van der Waals surface area (Å²) in [6, 6.07) is 9.69. The Bertz CT molecular complexity index is 842. The number of carbonyl (C=O) groups excluding carboxylic acids is 1. The Hall–Kier alpha value is -2.06. The van der Waals surface area contributed by atoms with E-state index in [-0.39, 0.29) is 12.5 Å². The van der Waals surface area contributed by atoms with Gasteiger partial charge in [0.25, 0.3) is 0 Å². The monoisotopic (exact) mass is 405 g/mol. The molecule has 0 spiro atoms. The van der Waals surface area contributed by atoms with Crippen molar-refractivity contribution in [2.75, 3.05) is 7.05 Å². The molecule has 2 heterocycles. The van der Waals surface area contributed by atoms with Crippen LogP contribution in [0.4, 0.5) is 0 Å². The standard InChI is InChI=1S/C16H16BrN5OS/c1-11-7-8-24-14(11)9-21(2)15(23)10-22-19-16(18-20-22)12-3-5-13(17)6-4-12/h3-8H,9-10H2,1-2H3. The van der Waals surface area contributed by atoms with Crippen molar-refractivity contribution in [3.05, 3.63) is 50.6 Å². The molecule has 0 aliphatic heterocycles. The van der Waals surface area contributed by atoms with Crippen LogP contribution in [0.3, 0.4) is 0 Å². The van der Waals surface area contributed by atoms with Crippen LogP contribution >= 0.6 is 27.3 Å². The van der Waals surface area contributed by atoms with Gasteiger partial charge in [0.15, 0.2) is 0 Å². The Labute approximate surface area is 152 Å². The summed E-state index contributed by atoms with van der Waals surface area (Å²) in [4.78, 5) is 16.5. The van der Waals surface area contributed by atoms with Crippen molar-refractivity contribution < 1.29 is 4.79 Å². The molecule has 1 aromatic carbocycles. The Morgan fingerprint density at radius 3 is 2.71 bits per heavy atom. The molecule has 0 fully saturated rings. The molecule has 0 N–H and O–H groups in total. The fraction of sp³-hybridized carbons (Fsp3) is 0.250. The molecule has 3 aromatic rings. The molecule has 124 valence electrons. The zero-order chi connectivity index (χ0) is 17.1. The second-order valence-corrected chi connectivity index (χ2v) is 7.34. The van der Waals surface area contributed by atoms with E-state index in [0.29, 0.717) is 12.4 Å². The Morgan fingerprint density at radius 1 is 1.29 bits per heavy atom. The Morgan fingerprint density at radius 2 is 2.04 bits per heavy atom. The van der Waals surface area contributed by atoms with Gasteiger partial charge in [0, 0.05) is 22.0 Å². The summed E-state index contributed by atoms with van der Waals surface area (Å²) >= 11 is 5.05. The maximum Gasteiger partial charge on any atom is 0.246 e. The Kier molecular flexibility index (Phi) is 5.06. The van der Waals surface area contributed by atoms with E-state index in [1.165, 1.54) is 15.2 Å². The molecule has 8 heteroatoms. The third kappa shape index (κ3) is 3.88. The van der Waals surface area contributed by atoms with Crippen molar-refractivity contribution in [1.29, 1.82) is 0 Å². The molecular formula is C16H16BrN5OS. The smallest absolute Gasteiger partial charge is 0.246 e. The number of hydrogen-bond acceptors (Lipinski definition) is 5. The lowest BCUT2D eigenvalue weighted by Crippen LogP contribution is -2.30. The van der Waals surface area contributed by atoms with Gasteiger partial charge in [-0.25, -0.2) is 0 Å². The van der Waals surface area contributed by atoms with Crippen LogP contribution in [0.15, 0.2) is 40.2 Å². The van der Waals surface area contributed by atoms with E-state index in [2.05, 4.69) is 37.4 Å². The molecular weight excluding hydrogens is 390 g/mol. The second kappa shape index (κ2) is 7.23. The normalized spacial score (nSPS) is 10.8. The zero-order valence-electron chi connectivity index (χ0n) is 13.3. The van der Waals surface area contributed by atoms with E-state index in [9.17, 15) is 4.79 Å². The topological polar surface area (TPSA) is 63.9 Å². The first-order chi connectivity index (χ1) is 11.5. The van der Waals surface area contributed by atoms with Crippen LogP contribution in [-0.2, 0) is 17.9 Å². The summed E-state index contributed by atoms with van der Waals surface area (Å²) in [5.74, 6) is 0.453. The SMILES string of the molecule is Cc1ccsc1CN(C)C(=O)Cn1nnc(-c2ccc(Br)cc2)n1. The first-order valence-corrected chi connectivity index (χ1v) is 9.01. The predicted molar refractivity (Wildman–Crippen MR) is 96.5 cm³/mol. The van der Waals surface area contributed by atoms with Gasteiger partial charge in [0.05, 0.1) is 6.54 Å². The van der Waals surface area contributed by atoms with Gasteiger partial charge in [-0.1, -0.05) is 15.9 Å². The fourth-order valence-electron chi connectivity index (χ4n) is 2.14. The van der Waals surface area contributed by atoms with Gasteiger partial charge in [-0.15, -0.1) is 21.5 Å². The van der Waals surface area contributed by atoms with Gasteiger partial charge in [0.1, 0.15) is 6.54 Å². The zero-order valence-corrected chi connectivity index (χ0v) is 15.7. The van der Waals surface area contributed by atoms with Crippen molar-refractivity contribution in [3.63, 3.8) is 0 Å². The molecule has 0 saturated heterocycles. The minimum atomic E-state index is -0.0532. The first kappa shape index (κ1) is 16.8. The number of amides is 1. The quantitative estimate of drug-likeness (QED) is 0.653. The number of hydrogen-bond donors (Lipinski definition) is 0. The second-order valence-electron chi connectivity index (χ2n) is 5.43. The lowest BCUT2D eigenvalue weighted by molar-refractivity contribution is -0.131. The third-order valence-electron chi connectivity index (χ3n) is 3.61. The lowest BCUT2D eigenvalue weighted by Gasteiger charge is -2.16. The molecule has 6 nitrogen and oxygen atoms in total. The highest BCUT2D eigenvalue weighted by atomic mass is 79.9. The van der Waals surface area contributed by atoms with Gasteiger partial charge in [-0.05, 0) is 53.4 Å². The average Bonchev–Trinajstić information content (AvgIpc) is 3.18. The summed E-state index contributed by atoms with van der Waals surface area (Å²) < 4.78 is 0.985. The molecule has 24 heavy (non-hydrogen) atoms. The molecule has 3 rings (SSSR count). The van der Waals surface area contributed by atoms with Gasteiger partial charge in [0.2, 0.25) is 11.7 Å². The number of nitrogens with zero attached hydrogens (tertiary/aromatic N) is 5. The highest BCUT2D eigenvalue weighted by Crippen LogP contribution is 2.18. The van der Waals surface area contributed by atoms with Crippen LogP contribution in [0.2, 0.25) is 0 Å². The highest BCUT2D eigenvalue weighted by Gasteiger charge is 2.14. The number of benzene rings is 1. The van der Waals surface area contributed by atoms with Crippen molar-refractivity contribution in [1.82, 2.24) is 25.1 Å². The summed E-state index contributed by atoms with van der Waals surface area (Å²) in [5, 5.41) is 14.3. The number of carbonyl (C=O) groups is 1. The highest BCUT2D eigenvalue weighted by molar-refractivity contribution is 9.10. The van der Waals surface area contributed by atoms with E-state index >= 15 is 0 Å². The van der Waals surface area contributed by atoms with Gasteiger partial charge in [-0.2, -0.15) is 4.80 Å². The summed E-state index contributed by atoms with van der Waals surface area (Å²) in [5.41, 5.74) is 2.07. The average molecular weight is 406 g/mol. The van der Waals surface area contributed by atoms with Crippen molar-refractivity contribution in [2.24, 2.45) is 0 Å². The van der Waals surface area contributed by atoms with Crippen LogP contribution in [0, 0.1) is 6.92 Å². The first-order valence-electron chi connectivity index (χ1n) is 7.33. The number of aryl methyl sites for hydroxylation is 1. The van der Waals surface area contributed by atoms with Crippen molar-refractivity contribution >= 4 is 33.2 Å². The van der Waals surface area contributed by atoms with Crippen LogP contribution in [0.5, 0.6) is 0 Å². The number of rotatable bonds is 5. The summed E-state index contributed by atoms with van der Waals surface area (Å²) in [6.07, 6.45) is 0. The fourth-order valence-corrected chi connectivity index (χ4v) is 3.36. The number of tetrazole rings is 1. The van der Waals surface area contributed by atoms with Crippen LogP contribution in [0.25, 0.3) is 11.4 Å². The summed E-state index contributed by atoms with van der Waals surface area (Å²) in [7, 11) is 1.79. The van der Waals surface area contributed by atoms with E-state index < -0.39 is 0 Å². The van der Waals surface area contributed by atoms with Crippen LogP contribution < -0.4 is 0 Å². The van der Waals surface area contributed by atoms with Gasteiger partial charge < -0.3 is 4.90 Å². The summed E-state index contributed by atoms with van der Waals surface area (Å²) in [6.45, 7) is 2.72. The van der Waals surface area contributed by atoms with Crippen molar-refractivity contribution in [2.45, 2.75) is 20.0 Å². The van der Waals surface area contributed by atoms with Crippen LogP contribution in [0.1, 0.15) is 10.4 Å². The molecule has 0 aliphatic rings. The number of likely N-dealkylation sites (N-methyl/N-ethyl adjacent to an activating group) is 1. The minimum Gasteiger partial charge on any atom is -0.339 e. The molecule has 1 amide bonds. The van der Waals surface area contributed by atoms with Gasteiger partial charge >= 0.3 is 0 Å². The minimum absolute atomic E-state index is 0.0532. The molecule has 0 aliphatic carbocycles. The number of aromatic nitrogens is 4. The molecule has 0 radical (unpaired) electrons. The van der Waals surface area contributed by atoms with Crippen LogP contribution in [-0.4, -0.2) is 38.1 Å². The van der Waals surface area contributed by atoms with E-state index in [4.69, 9.17) is 0 Å². The predicted octanol–water partition coefficient (Wildman–Crippen LogP) is 3.13. The Balaban J connectivity index is 1.64. The van der Waals surface area contributed by atoms with Gasteiger partial charge in [-0.3, -0.25) is 4.79 Å². The van der Waals surface area contributed by atoms with Crippen molar-refractivity contribution in [3.8, 4) is 11.4 Å². The maximum absolute atomic E-state index is 12.3. The third-order valence-corrected chi connectivity index (χ3v) is 5.14. The molecule has 2 aromatic heterocycles. The molecule has 0 atom stereocenters. The van der Waals surface area contributed by atoms with E-state index in [0.717, 1.165) is 10.0 Å². The molecule has 0 bridgehead atoms. The molecule has 0 unspecified atom stereocenters. The molecule has 0 saturated carbocycles. The number of halogens is 1. The van der Waals surface area contributed by atoms with E-state index in [1.54, 1.807) is 23.3 Å². The largest absolute Gasteiger partial charge is 0.339 e. The number of thiophene rings is 1.